The maximum Gasteiger partial charge on any atom is 0.277 e. The lowest BCUT2D eigenvalue weighted by molar-refractivity contribution is -0.116. The van der Waals surface area contributed by atoms with Gasteiger partial charge in [-0.25, -0.2) is 0 Å². The first-order valence-corrected chi connectivity index (χ1v) is 10.1. The molecule has 2 rings (SSSR count). The van der Waals surface area contributed by atoms with Crippen LogP contribution in [0, 0.1) is 25.2 Å². The minimum Gasteiger partial charge on any atom is -0.415 e. The van der Waals surface area contributed by atoms with Crippen molar-refractivity contribution < 1.29 is 9.21 Å². The van der Waals surface area contributed by atoms with E-state index < -0.39 is 0 Å². The number of amides is 1. The fourth-order valence-electron chi connectivity index (χ4n) is 2.35. The average Bonchev–Trinajstić information content (AvgIpc) is 3.00. The molecule has 0 aliphatic rings. The van der Waals surface area contributed by atoms with E-state index in [1.165, 1.54) is 11.8 Å². The van der Waals surface area contributed by atoms with E-state index in [9.17, 15) is 4.79 Å². The second-order valence-corrected chi connectivity index (χ2v) is 7.28. The standard InChI is InChI=1S/C17H20N4O2S2/c1-12-7-13(2)9-14(8-12)21(6-4-5-18)16(22)11-25-17-20-19-15(23-17)10-24-3/h7-9H,4,6,10-11H2,1-3H3. The summed E-state index contributed by atoms with van der Waals surface area (Å²) in [5, 5.41) is 17.1. The number of thioether (sulfide) groups is 2. The smallest absolute Gasteiger partial charge is 0.277 e. The number of hydrogen-bond acceptors (Lipinski definition) is 7. The van der Waals surface area contributed by atoms with Gasteiger partial charge in [-0.2, -0.15) is 17.0 Å². The van der Waals surface area contributed by atoms with E-state index in [1.807, 2.05) is 32.2 Å². The van der Waals surface area contributed by atoms with Crippen molar-refractivity contribution in [3.63, 3.8) is 0 Å². The van der Waals surface area contributed by atoms with Crippen LogP contribution >= 0.6 is 23.5 Å². The van der Waals surface area contributed by atoms with Gasteiger partial charge in [-0.05, 0) is 43.4 Å². The Bertz CT molecular complexity index is 750. The summed E-state index contributed by atoms with van der Waals surface area (Å²) in [5.74, 6) is 1.30. The zero-order valence-corrected chi connectivity index (χ0v) is 16.1. The highest BCUT2D eigenvalue weighted by molar-refractivity contribution is 7.99. The lowest BCUT2D eigenvalue weighted by atomic mass is 10.1. The highest BCUT2D eigenvalue weighted by Gasteiger charge is 2.18. The Morgan fingerprint density at radius 1 is 1.28 bits per heavy atom. The maximum absolute atomic E-state index is 12.7. The van der Waals surface area contributed by atoms with Gasteiger partial charge in [-0.1, -0.05) is 17.8 Å². The molecule has 0 aliphatic heterocycles. The van der Waals surface area contributed by atoms with Crippen LogP contribution in [0.15, 0.2) is 27.8 Å². The minimum absolute atomic E-state index is 0.0881. The van der Waals surface area contributed by atoms with E-state index in [4.69, 9.17) is 9.68 Å². The van der Waals surface area contributed by atoms with Crippen molar-refractivity contribution in [3.8, 4) is 6.07 Å². The van der Waals surface area contributed by atoms with Crippen LogP contribution in [0.25, 0.3) is 0 Å². The van der Waals surface area contributed by atoms with Crippen LogP contribution in [0.2, 0.25) is 0 Å². The van der Waals surface area contributed by atoms with Gasteiger partial charge in [0, 0.05) is 12.2 Å². The lowest BCUT2D eigenvalue weighted by Gasteiger charge is -2.22. The van der Waals surface area contributed by atoms with E-state index in [-0.39, 0.29) is 18.1 Å². The third kappa shape index (κ3) is 5.80. The summed E-state index contributed by atoms with van der Waals surface area (Å²) >= 11 is 2.81. The van der Waals surface area contributed by atoms with Crippen LogP contribution in [0.3, 0.4) is 0 Å². The van der Waals surface area contributed by atoms with E-state index >= 15 is 0 Å². The highest BCUT2D eigenvalue weighted by Crippen LogP contribution is 2.23. The average molecular weight is 377 g/mol. The summed E-state index contributed by atoms with van der Waals surface area (Å²) in [6.07, 6.45) is 2.24. The number of anilines is 1. The molecule has 8 heteroatoms. The van der Waals surface area contributed by atoms with E-state index in [0.717, 1.165) is 16.8 Å². The first kappa shape index (κ1) is 19.3. The summed E-state index contributed by atoms with van der Waals surface area (Å²) < 4.78 is 5.48. The number of aromatic nitrogens is 2. The first-order chi connectivity index (χ1) is 12.0. The van der Waals surface area contributed by atoms with Crippen LogP contribution in [-0.4, -0.2) is 34.7 Å². The Morgan fingerprint density at radius 2 is 2.00 bits per heavy atom. The molecule has 6 nitrogen and oxygen atoms in total. The van der Waals surface area contributed by atoms with E-state index in [0.29, 0.717) is 23.4 Å². The third-order valence-electron chi connectivity index (χ3n) is 3.30. The van der Waals surface area contributed by atoms with Crippen molar-refractivity contribution in [2.45, 2.75) is 31.2 Å². The molecule has 2 aromatic rings. The number of benzene rings is 1. The molecule has 0 bridgehead atoms. The van der Waals surface area contributed by atoms with Crippen LogP contribution in [-0.2, 0) is 10.5 Å². The van der Waals surface area contributed by atoms with Crippen molar-refractivity contribution in [2.24, 2.45) is 0 Å². The summed E-state index contributed by atoms with van der Waals surface area (Å²) in [7, 11) is 0. The second kappa shape index (κ2) is 9.49. The molecule has 0 saturated heterocycles. The topological polar surface area (TPSA) is 83.0 Å². The Labute approximate surface area is 156 Å². The fourth-order valence-corrected chi connectivity index (χ4v) is 3.37. The van der Waals surface area contributed by atoms with Gasteiger partial charge in [-0.15, -0.1) is 10.2 Å². The summed E-state index contributed by atoms with van der Waals surface area (Å²) in [6, 6.07) is 8.06. The molecule has 0 aliphatic carbocycles. The van der Waals surface area contributed by atoms with Gasteiger partial charge in [0.2, 0.25) is 11.8 Å². The van der Waals surface area contributed by atoms with Crippen LogP contribution in [0.1, 0.15) is 23.4 Å². The monoisotopic (exact) mass is 376 g/mol. The number of rotatable bonds is 8. The maximum atomic E-state index is 12.7. The van der Waals surface area contributed by atoms with Crippen LogP contribution < -0.4 is 4.90 Å². The third-order valence-corrected chi connectivity index (χ3v) is 4.64. The van der Waals surface area contributed by atoms with Crippen molar-refractivity contribution in [2.75, 3.05) is 23.5 Å². The molecule has 0 atom stereocenters. The molecule has 25 heavy (non-hydrogen) atoms. The number of nitrogens with zero attached hydrogens (tertiary/aromatic N) is 4. The zero-order valence-electron chi connectivity index (χ0n) is 14.5. The first-order valence-electron chi connectivity index (χ1n) is 7.73. The molecule has 0 spiro atoms. The van der Waals surface area contributed by atoms with Gasteiger partial charge in [0.1, 0.15) is 0 Å². The predicted molar refractivity (Wildman–Crippen MR) is 101 cm³/mol. The molecular weight excluding hydrogens is 356 g/mol. The van der Waals surface area contributed by atoms with Gasteiger partial charge in [0.15, 0.2) is 0 Å². The Balaban J connectivity index is 2.08. The second-order valence-electron chi connectivity index (χ2n) is 5.48. The Morgan fingerprint density at radius 3 is 2.64 bits per heavy atom. The molecule has 1 aromatic carbocycles. The largest absolute Gasteiger partial charge is 0.415 e. The zero-order chi connectivity index (χ0) is 18.2. The molecule has 1 heterocycles. The lowest BCUT2D eigenvalue weighted by Crippen LogP contribution is -2.33. The summed E-state index contributed by atoms with van der Waals surface area (Å²) in [4.78, 5) is 14.3. The molecule has 1 aromatic heterocycles. The van der Waals surface area contributed by atoms with Gasteiger partial charge in [-0.3, -0.25) is 4.79 Å². The minimum atomic E-state index is -0.0881. The number of carbonyl (C=O) groups is 1. The normalized spacial score (nSPS) is 10.5. The Hall–Kier alpha value is -1.98. The molecule has 0 N–H and O–H groups in total. The number of aryl methyl sites for hydroxylation is 2. The highest BCUT2D eigenvalue weighted by atomic mass is 32.2. The van der Waals surface area contributed by atoms with Crippen molar-refractivity contribution >= 4 is 35.1 Å². The summed E-state index contributed by atoms with van der Waals surface area (Å²) in [6.45, 7) is 4.34. The van der Waals surface area contributed by atoms with Crippen molar-refractivity contribution in [1.29, 1.82) is 5.26 Å². The van der Waals surface area contributed by atoms with Crippen LogP contribution in [0.4, 0.5) is 5.69 Å². The molecule has 1 amide bonds. The van der Waals surface area contributed by atoms with E-state index in [2.05, 4.69) is 22.3 Å². The fraction of sp³-hybridized carbons (Fsp3) is 0.412. The molecular formula is C17H20N4O2S2. The predicted octanol–water partition coefficient (Wildman–Crippen LogP) is 3.59. The molecule has 0 saturated carbocycles. The number of hydrogen-bond donors (Lipinski definition) is 0. The molecule has 132 valence electrons. The molecule has 0 unspecified atom stereocenters. The quantitative estimate of drug-likeness (QED) is 0.651. The van der Waals surface area contributed by atoms with Crippen LogP contribution in [0.5, 0.6) is 0 Å². The molecule has 0 radical (unpaired) electrons. The van der Waals surface area contributed by atoms with Gasteiger partial charge < -0.3 is 9.32 Å². The van der Waals surface area contributed by atoms with Crippen molar-refractivity contribution in [3.05, 3.63) is 35.2 Å². The van der Waals surface area contributed by atoms with Gasteiger partial charge in [0.05, 0.1) is 24.0 Å². The number of carbonyl (C=O) groups excluding carboxylic acids is 1. The van der Waals surface area contributed by atoms with E-state index in [1.54, 1.807) is 16.7 Å². The van der Waals surface area contributed by atoms with Crippen molar-refractivity contribution in [1.82, 2.24) is 10.2 Å². The SMILES string of the molecule is CSCc1nnc(SCC(=O)N(CCC#N)c2cc(C)cc(C)c2)o1. The Kier molecular flexibility index (Phi) is 7.34. The summed E-state index contributed by atoms with van der Waals surface area (Å²) in [5.41, 5.74) is 2.97. The molecule has 0 fully saturated rings. The number of nitriles is 1. The van der Waals surface area contributed by atoms with Gasteiger partial charge in [0.25, 0.3) is 5.22 Å². The van der Waals surface area contributed by atoms with Gasteiger partial charge >= 0.3 is 0 Å².